The molecule has 0 saturated carbocycles. The van der Waals surface area contributed by atoms with Crippen LogP contribution in [-0.4, -0.2) is 6.50 Å². The molecule has 46 valence electrons. The van der Waals surface area contributed by atoms with Crippen LogP contribution in [0.3, 0.4) is 0 Å². The average molecular weight is 135 g/mol. The van der Waals surface area contributed by atoms with Crippen molar-refractivity contribution in [1.82, 2.24) is 0 Å². The second-order valence-electron chi connectivity index (χ2n) is 0.644. The van der Waals surface area contributed by atoms with Crippen molar-refractivity contribution in [2.75, 3.05) is 6.50 Å². The average Bonchev–Trinajstić information content (AvgIpc) is 1.95. The molecule has 0 spiro atoms. The van der Waals surface area contributed by atoms with Gasteiger partial charge in [-0.15, -0.1) is 12.4 Å². The van der Waals surface area contributed by atoms with E-state index in [0.29, 0.717) is 0 Å². The molecule has 0 aliphatic rings. The van der Waals surface area contributed by atoms with E-state index in [9.17, 15) is 0 Å². The van der Waals surface area contributed by atoms with Crippen LogP contribution in [0, 0.1) is 5.89 Å². The number of rotatable bonds is 2. The second kappa shape index (κ2) is 6.25. The smallest absolute Gasteiger partial charge is 0.0426 e. The summed E-state index contributed by atoms with van der Waals surface area (Å²) in [4.78, 5) is 0. The Morgan fingerprint density at radius 2 is 2.57 bits per heavy atom. The Kier molecular flexibility index (Phi) is 0.958. The van der Waals surface area contributed by atoms with Gasteiger partial charge in [0.25, 0.3) is 0 Å². The molecule has 0 atom stereocenters. The van der Waals surface area contributed by atoms with Gasteiger partial charge in [-0.25, -0.2) is 0 Å². The Hall–Kier alpha value is 0.250. The molecule has 0 bridgehead atoms. The molecule has 0 unspecified atom stereocenters. The highest BCUT2D eigenvalue weighted by molar-refractivity contribution is 5.85. The first kappa shape index (κ1) is 1.07. The lowest BCUT2D eigenvalue weighted by Gasteiger charge is -1.96. The molecule has 0 aromatic carbocycles. The van der Waals surface area contributed by atoms with Gasteiger partial charge in [0, 0.05) is 15.1 Å². The van der Waals surface area contributed by atoms with Crippen molar-refractivity contribution in [1.29, 1.82) is 0 Å². The van der Waals surface area contributed by atoms with Gasteiger partial charge in [-0.1, -0.05) is 13.7 Å². The zero-order valence-electron chi connectivity index (χ0n) is 14.5. The number of hydrogen-bond donors (Lipinski definition) is 1. The van der Waals surface area contributed by atoms with Crippen molar-refractivity contribution >= 4 is 12.4 Å². The molecule has 0 saturated heterocycles. The van der Waals surface area contributed by atoms with Gasteiger partial charge in [-0.2, -0.15) is 0 Å². The van der Waals surface area contributed by atoms with Crippen molar-refractivity contribution in [3.05, 3.63) is 0 Å². The summed E-state index contributed by atoms with van der Waals surface area (Å²) in [5.41, 5.74) is 4.83. The molecule has 0 rings (SSSR count). The fourth-order valence-electron chi connectivity index (χ4n) is 0.0722. The Morgan fingerprint density at radius 3 is 2.71 bits per heavy atom. The zero-order valence-corrected chi connectivity index (χ0v) is 4.30. The van der Waals surface area contributed by atoms with Crippen LogP contribution < -0.4 is 5.73 Å². The number of halogens is 1. The third-order valence-corrected chi connectivity index (χ3v) is 0.197. The second-order valence-corrected chi connectivity index (χ2v) is 0.644. The van der Waals surface area contributed by atoms with E-state index in [-0.39, 0.29) is 12.4 Å². The monoisotopic (exact) mass is 134 g/mol. The lowest BCUT2D eigenvalue weighted by Crippen LogP contribution is -2.01. The van der Waals surface area contributed by atoms with Crippen LogP contribution in [0.2, 0.25) is 0 Å². The predicted molar refractivity (Wildman–Crippen MR) is 35.8 cm³/mol. The minimum absolute atomic E-state index is 0. The molecule has 0 amide bonds. The molecule has 0 aliphatic heterocycles. The van der Waals surface area contributed by atoms with Gasteiger partial charge in [0.1, 0.15) is 0 Å². The molecule has 0 heterocycles. The molecular weight excluding hydrogens is 110 g/mol. The third-order valence-electron chi connectivity index (χ3n) is 0.197. The predicted octanol–water partition coefficient (Wildman–Crippen LogP) is 1.41. The summed E-state index contributed by atoms with van der Waals surface area (Å²) in [7, 11) is 0. The van der Waals surface area contributed by atoms with Crippen molar-refractivity contribution in [3.8, 4) is 0 Å². The highest BCUT2D eigenvalue weighted by Crippen LogP contribution is 1.93. The van der Waals surface area contributed by atoms with Gasteiger partial charge in [0.2, 0.25) is 0 Å². The maximum atomic E-state index is 7.46. The molecule has 7 heavy (non-hydrogen) atoms. The molecule has 1 nitrogen and oxygen atoms in total. The number of nitrogens with two attached hydrogens (primary N) is 1. The van der Waals surface area contributed by atoms with Crippen LogP contribution in [0.1, 0.15) is 35.2 Å². The Morgan fingerprint density at radius 1 is 2.00 bits per heavy atom. The van der Waals surface area contributed by atoms with E-state index in [2.05, 4.69) is 0 Å². The molecule has 0 radical (unpaired) electrons. The summed E-state index contributed by atoms with van der Waals surface area (Å²) >= 11 is 0. The van der Waals surface area contributed by atoms with Gasteiger partial charge < -0.3 is 5.73 Å². The standard InChI is InChI=1S/C5H13N.ClH/c1-5(2)3-4-6;/h5H,3-4,6H2,1-2H3;1H/i1D3,2D3,3D2,4D2,5D;. The van der Waals surface area contributed by atoms with E-state index < -0.39 is 32.5 Å². The van der Waals surface area contributed by atoms with E-state index >= 15 is 0 Å². The van der Waals surface area contributed by atoms with Crippen LogP contribution in [0.15, 0.2) is 0 Å². The Balaban J connectivity index is 0. The van der Waals surface area contributed by atoms with Crippen LogP contribution in [0.25, 0.3) is 0 Å². The lowest BCUT2D eigenvalue weighted by molar-refractivity contribution is 0.596. The molecule has 2 N–H and O–H groups in total. The van der Waals surface area contributed by atoms with E-state index in [1.165, 1.54) is 0 Å². The van der Waals surface area contributed by atoms with Crippen LogP contribution in [0.4, 0.5) is 0 Å². The lowest BCUT2D eigenvalue weighted by atomic mass is 10.1. The first-order valence-electron chi connectivity index (χ1n) is 6.79. The minimum atomic E-state index is -3.66. The molecule has 0 aliphatic carbocycles. The van der Waals surface area contributed by atoms with Gasteiger partial charge >= 0.3 is 0 Å². The zero-order chi connectivity index (χ0) is 14.5. The van der Waals surface area contributed by atoms with E-state index in [1.54, 1.807) is 0 Å². The fourth-order valence-corrected chi connectivity index (χ4v) is 0.0722. The molecular formula is C5H14ClN. The third kappa shape index (κ3) is 10.7. The van der Waals surface area contributed by atoms with E-state index in [4.69, 9.17) is 20.8 Å². The fraction of sp³-hybridized carbons (Fsp3) is 1.00. The maximum Gasteiger partial charge on any atom is 0.0426 e. The molecule has 0 fully saturated rings. The van der Waals surface area contributed by atoms with Gasteiger partial charge in [0.15, 0.2) is 0 Å². The first-order valence-corrected chi connectivity index (χ1v) is 1.29. The highest BCUT2D eigenvalue weighted by atomic mass is 35.5. The molecule has 2 heteroatoms. The SMILES string of the molecule is Cl.[2H]C([2H])([2H])C([2H])(C([2H])([2H])[2H])C([2H])([2H])C([2H])([2H])N. The van der Waals surface area contributed by atoms with Crippen molar-refractivity contribution in [2.45, 2.75) is 20.1 Å². The molecule has 0 aromatic heterocycles. The summed E-state index contributed by atoms with van der Waals surface area (Å²) in [5.74, 6) is -3.66. The summed E-state index contributed by atoms with van der Waals surface area (Å²) in [6, 6.07) is 0. The summed E-state index contributed by atoms with van der Waals surface area (Å²) in [6.07, 6.45) is -3.59. The van der Waals surface area contributed by atoms with E-state index in [1.807, 2.05) is 0 Å². The normalized spacial score (nSPS) is 41.0. The van der Waals surface area contributed by atoms with Crippen molar-refractivity contribution in [2.24, 2.45) is 11.6 Å². The van der Waals surface area contributed by atoms with Crippen molar-refractivity contribution in [3.63, 3.8) is 0 Å². The quantitative estimate of drug-likeness (QED) is 0.608. The summed E-state index contributed by atoms with van der Waals surface area (Å²) in [5, 5.41) is 0. The van der Waals surface area contributed by atoms with Crippen LogP contribution in [0.5, 0.6) is 0 Å². The Bertz CT molecular complexity index is 271. The first-order chi connectivity index (χ1) is 7.00. The van der Waals surface area contributed by atoms with Crippen molar-refractivity contribution < 1.29 is 15.1 Å². The Labute approximate surface area is 67.1 Å². The highest BCUT2D eigenvalue weighted by Gasteiger charge is 1.85. The largest absolute Gasteiger partial charge is 0.330 e. The van der Waals surface area contributed by atoms with Crippen LogP contribution >= 0.6 is 12.4 Å². The topological polar surface area (TPSA) is 26.0 Å². The summed E-state index contributed by atoms with van der Waals surface area (Å²) < 4.78 is 78.1. The number of hydrogen-bond acceptors (Lipinski definition) is 1. The maximum absolute atomic E-state index is 7.46. The van der Waals surface area contributed by atoms with Gasteiger partial charge in [0.05, 0.1) is 0 Å². The summed E-state index contributed by atoms with van der Waals surface area (Å²) in [6.45, 7) is -10.4. The molecule has 0 aromatic rings. The van der Waals surface area contributed by atoms with Gasteiger partial charge in [-0.05, 0) is 18.8 Å². The van der Waals surface area contributed by atoms with Gasteiger partial charge in [-0.3, -0.25) is 0 Å². The minimum Gasteiger partial charge on any atom is -0.330 e. The van der Waals surface area contributed by atoms with Crippen LogP contribution in [-0.2, 0) is 0 Å². The van der Waals surface area contributed by atoms with E-state index in [0.717, 1.165) is 0 Å².